The number of rotatable bonds is 5. The Morgan fingerprint density at radius 1 is 1.41 bits per heavy atom. The van der Waals surface area contributed by atoms with E-state index in [9.17, 15) is 9.59 Å². The summed E-state index contributed by atoms with van der Waals surface area (Å²) in [6.07, 6.45) is 6.86. The van der Waals surface area contributed by atoms with Crippen molar-refractivity contribution in [1.82, 2.24) is 10.3 Å². The van der Waals surface area contributed by atoms with Gasteiger partial charge in [-0.25, -0.2) is 5.43 Å². The summed E-state index contributed by atoms with van der Waals surface area (Å²) in [5.74, 6) is -0.587. The third-order valence-electron chi connectivity index (χ3n) is 8.86. The van der Waals surface area contributed by atoms with E-state index in [1.165, 1.54) is 6.42 Å². The summed E-state index contributed by atoms with van der Waals surface area (Å²) in [4.78, 5) is 27.9. The van der Waals surface area contributed by atoms with Gasteiger partial charge in [-0.2, -0.15) is 5.10 Å². The van der Waals surface area contributed by atoms with Crippen molar-refractivity contribution in [3.05, 3.63) is 12.2 Å². The lowest BCUT2D eigenvalue weighted by atomic mass is 9.70. The largest absolute Gasteiger partial charge is 0.383 e. The molecule has 2 amide bonds. The zero-order chi connectivity index (χ0) is 20.6. The number of nitrogens with zero attached hydrogens (tertiary/aromatic N) is 2. The molecule has 29 heavy (non-hydrogen) atoms. The molecule has 5 rings (SSSR count). The second kappa shape index (κ2) is 6.14. The summed E-state index contributed by atoms with van der Waals surface area (Å²) in [5, 5.41) is 4.60. The Bertz CT molecular complexity index is 821. The molecule has 4 fully saturated rings. The van der Waals surface area contributed by atoms with Crippen molar-refractivity contribution in [2.75, 3.05) is 26.8 Å². The van der Waals surface area contributed by atoms with Gasteiger partial charge in [0.15, 0.2) is 0 Å². The summed E-state index contributed by atoms with van der Waals surface area (Å²) in [7, 11) is 1.62. The normalized spacial score (nSPS) is 44.9. The molecule has 5 aliphatic rings. The number of nitrogens with one attached hydrogen (secondary N) is 1. The van der Waals surface area contributed by atoms with Crippen LogP contribution in [0.15, 0.2) is 17.3 Å². The molecule has 2 saturated carbocycles. The molecule has 0 aromatic rings. The predicted octanol–water partition coefficient (Wildman–Crippen LogP) is 1.73. The van der Waals surface area contributed by atoms with E-state index < -0.39 is 17.4 Å². The fourth-order valence-corrected chi connectivity index (χ4v) is 6.56. The molecule has 4 unspecified atom stereocenters. The molecule has 0 aromatic heterocycles. The highest BCUT2D eigenvalue weighted by molar-refractivity contribution is 5.96. The van der Waals surface area contributed by atoms with Gasteiger partial charge >= 0.3 is 0 Å². The Labute approximate surface area is 171 Å². The minimum absolute atomic E-state index is 0.0188. The number of ether oxygens (including phenoxy) is 2. The number of hydrazone groups is 1. The van der Waals surface area contributed by atoms with Crippen LogP contribution in [0.1, 0.15) is 40.0 Å². The van der Waals surface area contributed by atoms with Crippen molar-refractivity contribution in [1.29, 1.82) is 0 Å². The molecule has 3 heterocycles. The Hall–Kier alpha value is -1.73. The van der Waals surface area contributed by atoms with E-state index in [1.54, 1.807) is 12.0 Å². The molecule has 7 nitrogen and oxygen atoms in total. The number of methoxy groups -OCH3 is 1. The molecule has 7 heteroatoms. The number of carbonyl (C=O) groups is 2. The van der Waals surface area contributed by atoms with E-state index >= 15 is 0 Å². The standard InChI is InChI=1S/C22H31N3O4/c1-20(2)13-5-7-21(20,3)15(11-13)23-24-18(26)16-14-6-8-22(29-14)12-25(9-10-28-4)19(27)17(16)22/h6,8,13-14,16-17H,5,7,9-12H2,1-4H3,(H,24,26)/b23-15+/t13-,14?,16?,17?,21+,22?/m1/s1. The van der Waals surface area contributed by atoms with Crippen molar-refractivity contribution in [3.8, 4) is 0 Å². The molecule has 4 bridgehead atoms. The fraction of sp³-hybridized carbons (Fsp3) is 0.773. The molecule has 0 aromatic carbocycles. The second-order valence-electron chi connectivity index (χ2n) is 10.2. The van der Waals surface area contributed by atoms with E-state index in [0.717, 1.165) is 18.6 Å². The summed E-state index contributed by atoms with van der Waals surface area (Å²) < 4.78 is 11.3. The number of amides is 2. The Morgan fingerprint density at radius 2 is 2.21 bits per heavy atom. The van der Waals surface area contributed by atoms with Crippen LogP contribution in [0, 0.1) is 28.6 Å². The van der Waals surface area contributed by atoms with Crippen LogP contribution in [0.2, 0.25) is 0 Å². The van der Waals surface area contributed by atoms with Crippen LogP contribution in [0.4, 0.5) is 0 Å². The maximum absolute atomic E-state index is 13.1. The zero-order valence-electron chi connectivity index (χ0n) is 17.7. The van der Waals surface area contributed by atoms with Gasteiger partial charge in [-0.1, -0.05) is 32.9 Å². The third kappa shape index (κ3) is 2.40. The van der Waals surface area contributed by atoms with Gasteiger partial charge in [0.1, 0.15) is 5.60 Å². The third-order valence-corrected chi connectivity index (χ3v) is 8.86. The SMILES string of the molecule is COCCN1CC23C=CC(O2)C(C(=O)N/N=C2\C[C@H]4CC[C@]2(C)C4(C)C)C3C1=O. The average molecular weight is 402 g/mol. The average Bonchev–Trinajstić information content (AvgIpc) is 3.41. The highest BCUT2D eigenvalue weighted by atomic mass is 16.5. The van der Waals surface area contributed by atoms with Crippen molar-refractivity contribution < 1.29 is 19.1 Å². The van der Waals surface area contributed by atoms with E-state index in [-0.39, 0.29) is 28.7 Å². The molecule has 1 spiro atoms. The van der Waals surface area contributed by atoms with Gasteiger partial charge in [-0.3, -0.25) is 9.59 Å². The maximum atomic E-state index is 13.1. The summed E-state index contributed by atoms with van der Waals surface area (Å²) >= 11 is 0. The summed E-state index contributed by atoms with van der Waals surface area (Å²) in [5.41, 5.74) is 3.50. The number of likely N-dealkylation sites (tertiary alicyclic amines) is 1. The lowest BCUT2D eigenvalue weighted by molar-refractivity contribution is -0.137. The Balaban J connectivity index is 1.34. The number of carbonyl (C=O) groups excluding carboxylic acids is 2. The fourth-order valence-electron chi connectivity index (χ4n) is 6.56. The van der Waals surface area contributed by atoms with Crippen LogP contribution in [-0.2, 0) is 19.1 Å². The Morgan fingerprint density at radius 3 is 2.86 bits per heavy atom. The maximum Gasteiger partial charge on any atom is 0.247 e. The number of hydrogen-bond acceptors (Lipinski definition) is 5. The Kier molecular flexibility index (Phi) is 4.07. The van der Waals surface area contributed by atoms with Crippen LogP contribution in [0.25, 0.3) is 0 Å². The van der Waals surface area contributed by atoms with Crippen molar-refractivity contribution >= 4 is 17.5 Å². The van der Waals surface area contributed by atoms with E-state index in [1.807, 2.05) is 12.2 Å². The van der Waals surface area contributed by atoms with Crippen molar-refractivity contribution in [3.63, 3.8) is 0 Å². The molecule has 2 saturated heterocycles. The van der Waals surface area contributed by atoms with Crippen molar-refractivity contribution in [2.45, 2.75) is 51.7 Å². The molecule has 158 valence electrons. The first-order chi connectivity index (χ1) is 13.7. The molecule has 6 atom stereocenters. The first-order valence-electron chi connectivity index (χ1n) is 10.8. The number of fused-ring (bicyclic) bond motifs is 3. The number of hydrogen-bond donors (Lipinski definition) is 1. The van der Waals surface area contributed by atoms with Gasteiger partial charge in [0.25, 0.3) is 0 Å². The monoisotopic (exact) mass is 401 g/mol. The van der Waals surface area contributed by atoms with E-state index in [4.69, 9.17) is 9.47 Å². The lowest BCUT2D eigenvalue weighted by Crippen LogP contribution is -2.43. The zero-order valence-corrected chi connectivity index (χ0v) is 17.7. The van der Waals surface area contributed by atoms with Crippen LogP contribution in [-0.4, -0.2) is 60.9 Å². The molecular weight excluding hydrogens is 370 g/mol. The molecular formula is C22H31N3O4. The minimum atomic E-state index is -0.676. The topological polar surface area (TPSA) is 80.2 Å². The van der Waals surface area contributed by atoms with Gasteiger partial charge in [-0.05, 0) is 30.6 Å². The predicted molar refractivity (Wildman–Crippen MR) is 107 cm³/mol. The van der Waals surface area contributed by atoms with Crippen LogP contribution >= 0.6 is 0 Å². The molecule has 3 aliphatic heterocycles. The van der Waals surface area contributed by atoms with Gasteiger partial charge in [-0.15, -0.1) is 0 Å². The van der Waals surface area contributed by atoms with E-state index in [0.29, 0.717) is 25.6 Å². The smallest absolute Gasteiger partial charge is 0.247 e. The van der Waals surface area contributed by atoms with Crippen LogP contribution in [0.3, 0.4) is 0 Å². The van der Waals surface area contributed by atoms with Gasteiger partial charge in [0, 0.05) is 24.8 Å². The minimum Gasteiger partial charge on any atom is -0.383 e. The quantitative estimate of drug-likeness (QED) is 0.562. The molecule has 2 aliphatic carbocycles. The summed E-state index contributed by atoms with van der Waals surface area (Å²) in [6.45, 7) is 8.39. The van der Waals surface area contributed by atoms with Crippen LogP contribution in [0.5, 0.6) is 0 Å². The van der Waals surface area contributed by atoms with Gasteiger partial charge in [0.05, 0.1) is 31.1 Å². The van der Waals surface area contributed by atoms with Crippen LogP contribution < -0.4 is 5.43 Å². The second-order valence-corrected chi connectivity index (χ2v) is 10.2. The first kappa shape index (κ1) is 19.2. The highest BCUT2D eigenvalue weighted by Crippen LogP contribution is 2.64. The highest BCUT2D eigenvalue weighted by Gasteiger charge is 2.67. The summed E-state index contributed by atoms with van der Waals surface area (Å²) in [6, 6.07) is 0. The van der Waals surface area contributed by atoms with Crippen molar-refractivity contribution in [2.24, 2.45) is 33.7 Å². The van der Waals surface area contributed by atoms with Gasteiger partial charge < -0.3 is 14.4 Å². The molecule has 0 radical (unpaired) electrons. The van der Waals surface area contributed by atoms with Gasteiger partial charge in [0.2, 0.25) is 11.8 Å². The van der Waals surface area contributed by atoms with E-state index in [2.05, 4.69) is 31.3 Å². The first-order valence-corrected chi connectivity index (χ1v) is 10.8. The molecule has 1 N–H and O–H groups in total. The lowest BCUT2D eigenvalue weighted by Gasteiger charge is -2.34.